The molecule has 3 aromatic heterocycles. The van der Waals surface area contributed by atoms with Crippen LogP contribution in [0.15, 0.2) is 97.5 Å². The Morgan fingerprint density at radius 1 is 0.697 bits per heavy atom. The average Bonchev–Trinajstić information content (AvgIpc) is 2.86. The molecule has 33 heavy (non-hydrogen) atoms. The minimum absolute atomic E-state index is 0.759. The summed E-state index contributed by atoms with van der Waals surface area (Å²) in [6.07, 6.45) is 5.07. The van der Waals surface area contributed by atoms with Gasteiger partial charge in [-0.05, 0) is 47.9 Å². The SMILES string of the molecule is Cc1ccc(C2=C(c3ccccn3)[B-](c3ccccn3)(c3ccccn3)[N+](C)(C)CC2)cc1. The second kappa shape index (κ2) is 8.41. The molecule has 164 valence electrons. The summed E-state index contributed by atoms with van der Waals surface area (Å²) in [5, 5.41) is 0. The number of hydrogen-bond acceptors (Lipinski definition) is 3. The summed E-state index contributed by atoms with van der Waals surface area (Å²) in [6, 6.07) is 27.6. The van der Waals surface area contributed by atoms with Crippen LogP contribution in [0.4, 0.5) is 0 Å². The maximum atomic E-state index is 4.97. The number of hydrogen-bond donors (Lipinski definition) is 0. The maximum Gasteiger partial charge on any atom is 0.327 e. The minimum Gasteiger partial charge on any atom is -0.506 e. The summed E-state index contributed by atoms with van der Waals surface area (Å²) in [4.78, 5) is 14.8. The lowest BCUT2D eigenvalue weighted by Crippen LogP contribution is -2.80. The van der Waals surface area contributed by atoms with Gasteiger partial charge in [0.25, 0.3) is 0 Å². The highest BCUT2D eigenvalue weighted by atomic mass is 15.3. The molecular formula is C28H29BN4. The van der Waals surface area contributed by atoms with E-state index >= 15 is 0 Å². The highest BCUT2D eigenvalue weighted by molar-refractivity contribution is 7.10. The molecule has 4 aromatic rings. The van der Waals surface area contributed by atoms with Gasteiger partial charge in [0.15, 0.2) is 0 Å². The first-order chi connectivity index (χ1) is 16.0. The first kappa shape index (κ1) is 21.3. The fraction of sp³-hybridized carbons (Fsp3) is 0.179. The molecule has 0 fully saturated rings. The predicted octanol–water partition coefficient (Wildman–Crippen LogP) is 3.87. The molecule has 0 amide bonds. The third-order valence-electron chi connectivity index (χ3n) is 7.30. The van der Waals surface area contributed by atoms with Gasteiger partial charge >= 0.3 is 6.28 Å². The van der Waals surface area contributed by atoms with Gasteiger partial charge in [0.05, 0.1) is 0 Å². The van der Waals surface area contributed by atoms with Gasteiger partial charge in [0.2, 0.25) is 0 Å². The van der Waals surface area contributed by atoms with Crippen LogP contribution in [0.25, 0.3) is 11.0 Å². The molecule has 1 aromatic carbocycles. The van der Waals surface area contributed by atoms with Crippen molar-refractivity contribution in [1.82, 2.24) is 15.0 Å². The van der Waals surface area contributed by atoms with Crippen molar-refractivity contribution in [2.45, 2.75) is 13.3 Å². The monoisotopic (exact) mass is 432 g/mol. The summed E-state index contributed by atoms with van der Waals surface area (Å²) in [6.45, 7) is 3.11. The molecule has 0 N–H and O–H groups in total. The van der Waals surface area contributed by atoms with E-state index in [1.54, 1.807) is 0 Å². The third-order valence-corrected chi connectivity index (χ3v) is 7.30. The summed E-state index contributed by atoms with van der Waals surface area (Å²) in [7, 11) is 4.64. The first-order valence-corrected chi connectivity index (χ1v) is 11.6. The van der Waals surface area contributed by atoms with E-state index in [0.29, 0.717) is 0 Å². The molecule has 0 spiro atoms. The average molecular weight is 432 g/mol. The van der Waals surface area contributed by atoms with Crippen molar-refractivity contribution in [2.24, 2.45) is 0 Å². The van der Waals surface area contributed by atoms with E-state index in [-0.39, 0.29) is 0 Å². The van der Waals surface area contributed by atoms with Gasteiger partial charge in [-0.1, -0.05) is 65.7 Å². The third kappa shape index (κ3) is 3.49. The Kier molecular flexibility index (Phi) is 5.43. The van der Waals surface area contributed by atoms with Crippen LogP contribution in [-0.2, 0) is 0 Å². The Morgan fingerprint density at radius 2 is 1.27 bits per heavy atom. The molecular weight excluding hydrogens is 403 g/mol. The Hall–Kier alpha value is -3.57. The highest BCUT2D eigenvalue weighted by Crippen LogP contribution is 2.42. The van der Waals surface area contributed by atoms with E-state index in [4.69, 9.17) is 15.0 Å². The summed E-state index contributed by atoms with van der Waals surface area (Å²) in [5.41, 5.74) is 8.18. The number of pyridine rings is 3. The van der Waals surface area contributed by atoms with Gasteiger partial charge in [-0.25, -0.2) is 0 Å². The summed E-state index contributed by atoms with van der Waals surface area (Å²) >= 11 is 0. The summed E-state index contributed by atoms with van der Waals surface area (Å²) in [5.74, 6) is 0. The van der Waals surface area contributed by atoms with Gasteiger partial charge < -0.3 is 4.39 Å². The van der Waals surface area contributed by atoms with Gasteiger partial charge in [0, 0.05) is 51.3 Å². The van der Waals surface area contributed by atoms with E-state index in [0.717, 1.165) is 34.2 Å². The Balaban J connectivity index is 1.96. The van der Waals surface area contributed by atoms with E-state index in [2.05, 4.69) is 81.7 Å². The van der Waals surface area contributed by atoms with Crippen LogP contribution in [0.3, 0.4) is 0 Å². The molecule has 4 heterocycles. The minimum atomic E-state index is -1.58. The fourth-order valence-electron chi connectivity index (χ4n) is 5.68. The van der Waals surface area contributed by atoms with Crippen molar-refractivity contribution < 1.29 is 4.39 Å². The zero-order valence-corrected chi connectivity index (χ0v) is 19.5. The molecule has 5 heteroatoms. The number of rotatable bonds is 4. The number of quaternary nitrogens is 1. The van der Waals surface area contributed by atoms with E-state index in [9.17, 15) is 0 Å². The largest absolute Gasteiger partial charge is 0.506 e. The molecule has 1 aliphatic rings. The predicted molar refractivity (Wildman–Crippen MR) is 137 cm³/mol. The van der Waals surface area contributed by atoms with Crippen LogP contribution in [0, 0.1) is 6.92 Å². The fourth-order valence-corrected chi connectivity index (χ4v) is 5.68. The first-order valence-electron chi connectivity index (χ1n) is 11.6. The lowest BCUT2D eigenvalue weighted by molar-refractivity contribution is -0.786. The van der Waals surface area contributed by atoms with Crippen LogP contribution < -0.4 is 11.2 Å². The smallest absolute Gasteiger partial charge is 0.327 e. The lowest BCUT2D eigenvalue weighted by Gasteiger charge is -2.59. The van der Waals surface area contributed by atoms with Crippen molar-refractivity contribution in [3.05, 3.63) is 114 Å². The second-order valence-corrected chi connectivity index (χ2v) is 9.55. The Morgan fingerprint density at radius 3 is 1.79 bits per heavy atom. The van der Waals surface area contributed by atoms with Gasteiger partial charge in [-0.15, -0.1) is 5.47 Å². The molecule has 4 nitrogen and oxygen atoms in total. The number of aromatic nitrogens is 3. The number of aryl methyl sites for hydroxylation is 1. The quantitative estimate of drug-likeness (QED) is 0.460. The van der Waals surface area contributed by atoms with Crippen LogP contribution >= 0.6 is 0 Å². The Labute approximate surface area is 196 Å². The zero-order chi connectivity index (χ0) is 22.9. The van der Waals surface area contributed by atoms with E-state index in [1.165, 1.54) is 22.2 Å². The molecule has 0 bridgehead atoms. The van der Waals surface area contributed by atoms with Crippen molar-refractivity contribution >= 4 is 28.5 Å². The topological polar surface area (TPSA) is 38.7 Å². The normalized spacial score (nSPS) is 17.1. The van der Waals surface area contributed by atoms with Gasteiger partial charge in [-0.3, -0.25) is 15.0 Å². The van der Waals surface area contributed by atoms with Gasteiger partial charge in [0.1, 0.15) is 0 Å². The standard InChI is InChI=1S/C28H29BN4/c1-22-13-15-23(16-14-22)24-17-21-33(2,3)29(26-11-5-8-19-31-26,27-12-6-9-20-32-27)28(24)25-10-4-7-18-30-25/h4-16,18-20H,17,21H2,1-3H3. The molecule has 0 saturated carbocycles. The number of nitrogens with zero attached hydrogens (tertiary/aromatic N) is 4. The van der Waals surface area contributed by atoms with Crippen LogP contribution in [0.1, 0.15) is 23.2 Å². The molecule has 1 aliphatic heterocycles. The molecule has 0 unspecified atom stereocenters. The van der Waals surface area contributed by atoms with E-state index in [1.807, 2.05) is 36.8 Å². The maximum absolute atomic E-state index is 4.97. The zero-order valence-electron chi connectivity index (χ0n) is 19.5. The lowest BCUT2D eigenvalue weighted by atomic mass is 9.22. The van der Waals surface area contributed by atoms with Crippen molar-refractivity contribution in [1.29, 1.82) is 0 Å². The Bertz CT molecular complexity index is 1230. The van der Waals surface area contributed by atoms with E-state index < -0.39 is 6.28 Å². The van der Waals surface area contributed by atoms with Crippen molar-refractivity contribution in [2.75, 3.05) is 20.6 Å². The number of benzene rings is 1. The van der Waals surface area contributed by atoms with Crippen molar-refractivity contribution in [3.8, 4) is 0 Å². The molecule has 0 saturated heterocycles. The second-order valence-electron chi connectivity index (χ2n) is 9.55. The molecule has 0 aliphatic carbocycles. The highest BCUT2D eigenvalue weighted by Gasteiger charge is 2.53. The van der Waals surface area contributed by atoms with Gasteiger partial charge in [-0.2, -0.15) is 0 Å². The molecule has 0 radical (unpaired) electrons. The molecule has 0 atom stereocenters. The van der Waals surface area contributed by atoms with Crippen LogP contribution in [-0.4, -0.2) is 46.3 Å². The van der Waals surface area contributed by atoms with Crippen LogP contribution in [0.5, 0.6) is 0 Å². The molecule has 5 rings (SSSR count). The van der Waals surface area contributed by atoms with Crippen molar-refractivity contribution in [3.63, 3.8) is 0 Å². The van der Waals surface area contributed by atoms with Crippen LogP contribution in [0.2, 0.25) is 0 Å². The summed E-state index contributed by atoms with van der Waals surface area (Å²) < 4.78 is 0.759.